The van der Waals surface area contributed by atoms with Gasteiger partial charge in [0.15, 0.2) is 5.79 Å². The molecule has 0 radical (unpaired) electrons. The Morgan fingerprint density at radius 2 is 1.69 bits per heavy atom. The van der Waals surface area contributed by atoms with Crippen molar-refractivity contribution in [3.05, 3.63) is 0 Å². The maximum Gasteiger partial charge on any atom is 0.162 e. The third-order valence-corrected chi connectivity index (χ3v) is 2.19. The molecule has 0 N–H and O–H groups in total. The summed E-state index contributed by atoms with van der Waals surface area (Å²) in [6, 6.07) is 0. The van der Waals surface area contributed by atoms with Gasteiger partial charge < -0.3 is 14.2 Å². The lowest BCUT2D eigenvalue weighted by atomic mass is 9.93. The summed E-state index contributed by atoms with van der Waals surface area (Å²) in [6.45, 7) is 10.9. The normalized spacial score (nSPS) is 25.8. The fourth-order valence-corrected chi connectivity index (χ4v) is 1.21. The first kappa shape index (κ1) is 11.0. The van der Waals surface area contributed by atoms with Gasteiger partial charge in [0.05, 0.1) is 19.8 Å². The van der Waals surface area contributed by atoms with Crippen molar-refractivity contribution in [2.45, 2.75) is 33.5 Å². The predicted molar refractivity (Wildman–Crippen MR) is 50.6 cm³/mol. The summed E-state index contributed by atoms with van der Waals surface area (Å²) in [7, 11) is 0. The molecule has 0 amide bonds. The zero-order chi connectivity index (χ0) is 9.95. The number of rotatable bonds is 3. The van der Waals surface area contributed by atoms with Crippen molar-refractivity contribution in [2.24, 2.45) is 5.41 Å². The molecule has 0 unspecified atom stereocenters. The zero-order valence-corrected chi connectivity index (χ0v) is 9.05. The molecule has 0 spiro atoms. The fraction of sp³-hybridized carbons (Fsp3) is 1.00. The van der Waals surface area contributed by atoms with Crippen LogP contribution >= 0.6 is 0 Å². The van der Waals surface area contributed by atoms with Gasteiger partial charge in [-0.3, -0.25) is 0 Å². The van der Waals surface area contributed by atoms with Crippen LogP contribution in [0.15, 0.2) is 0 Å². The Kier molecular flexibility index (Phi) is 3.33. The van der Waals surface area contributed by atoms with Crippen molar-refractivity contribution in [2.75, 3.05) is 26.4 Å². The minimum absolute atomic E-state index is 0.0194. The van der Waals surface area contributed by atoms with Gasteiger partial charge in [-0.25, -0.2) is 0 Å². The second kappa shape index (κ2) is 3.95. The van der Waals surface area contributed by atoms with Gasteiger partial charge in [-0.05, 0) is 20.8 Å². The molecular weight excluding hydrogens is 168 g/mol. The van der Waals surface area contributed by atoms with E-state index in [1.807, 2.05) is 20.8 Å². The maximum absolute atomic E-state index is 5.58. The van der Waals surface area contributed by atoms with Gasteiger partial charge in [0, 0.05) is 12.0 Å². The molecule has 0 saturated carbocycles. The number of hydrogen-bond donors (Lipinski definition) is 0. The Hall–Kier alpha value is -0.120. The molecule has 78 valence electrons. The smallest absolute Gasteiger partial charge is 0.162 e. The SMILES string of the molecule is CCOCC1(C)COC(C)(C)OC1. The van der Waals surface area contributed by atoms with Crippen LogP contribution in [0.25, 0.3) is 0 Å². The molecule has 0 atom stereocenters. The van der Waals surface area contributed by atoms with Gasteiger partial charge in [0.1, 0.15) is 0 Å². The quantitative estimate of drug-likeness (QED) is 0.676. The van der Waals surface area contributed by atoms with Crippen LogP contribution in [0, 0.1) is 5.41 Å². The van der Waals surface area contributed by atoms with Crippen molar-refractivity contribution in [1.82, 2.24) is 0 Å². The molecule has 0 aromatic carbocycles. The van der Waals surface area contributed by atoms with Gasteiger partial charge in [-0.1, -0.05) is 6.92 Å². The Balaban J connectivity index is 2.37. The predicted octanol–water partition coefficient (Wildman–Crippen LogP) is 1.81. The second-order valence-electron chi connectivity index (χ2n) is 4.42. The van der Waals surface area contributed by atoms with Crippen molar-refractivity contribution in [1.29, 1.82) is 0 Å². The average Bonchev–Trinajstić information content (AvgIpc) is 2.08. The molecular formula is C10H20O3. The second-order valence-corrected chi connectivity index (χ2v) is 4.42. The summed E-state index contributed by atoms with van der Waals surface area (Å²) in [5, 5.41) is 0. The molecule has 1 rings (SSSR count). The van der Waals surface area contributed by atoms with Crippen LogP contribution in [0.2, 0.25) is 0 Å². The molecule has 1 aliphatic heterocycles. The third-order valence-electron chi connectivity index (χ3n) is 2.19. The fourth-order valence-electron chi connectivity index (χ4n) is 1.21. The summed E-state index contributed by atoms with van der Waals surface area (Å²) in [5.74, 6) is -0.425. The lowest BCUT2D eigenvalue weighted by molar-refractivity contribution is -0.288. The van der Waals surface area contributed by atoms with Gasteiger partial charge in [-0.15, -0.1) is 0 Å². The molecule has 1 saturated heterocycles. The zero-order valence-electron chi connectivity index (χ0n) is 9.05. The van der Waals surface area contributed by atoms with Gasteiger partial charge in [0.2, 0.25) is 0 Å². The highest BCUT2D eigenvalue weighted by Crippen LogP contribution is 2.29. The van der Waals surface area contributed by atoms with Crippen LogP contribution in [-0.4, -0.2) is 32.2 Å². The lowest BCUT2D eigenvalue weighted by Gasteiger charge is -2.41. The summed E-state index contributed by atoms with van der Waals surface area (Å²) in [4.78, 5) is 0. The molecule has 0 aromatic heterocycles. The van der Waals surface area contributed by atoms with E-state index in [-0.39, 0.29) is 5.41 Å². The third kappa shape index (κ3) is 3.25. The monoisotopic (exact) mass is 188 g/mol. The first-order valence-electron chi connectivity index (χ1n) is 4.83. The topological polar surface area (TPSA) is 27.7 Å². The van der Waals surface area contributed by atoms with Crippen LogP contribution < -0.4 is 0 Å². The van der Waals surface area contributed by atoms with Gasteiger partial charge >= 0.3 is 0 Å². The Labute approximate surface area is 80.4 Å². The van der Waals surface area contributed by atoms with Crippen molar-refractivity contribution in [3.8, 4) is 0 Å². The highest BCUT2D eigenvalue weighted by atomic mass is 16.7. The average molecular weight is 188 g/mol. The van der Waals surface area contributed by atoms with Crippen molar-refractivity contribution >= 4 is 0 Å². The highest BCUT2D eigenvalue weighted by molar-refractivity contribution is 4.78. The van der Waals surface area contributed by atoms with Gasteiger partial charge in [0.25, 0.3) is 0 Å². The number of hydrogen-bond acceptors (Lipinski definition) is 3. The van der Waals surface area contributed by atoms with E-state index in [1.54, 1.807) is 0 Å². The molecule has 1 aliphatic rings. The van der Waals surface area contributed by atoms with E-state index in [0.29, 0.717) is 19.8 Å². The van der Waals surface area contributed by atoms with E-state index in [4.69, 9.17) is 14.2 Å². The molecule has 1 fully saturated rings. The van der Waals surface area contributed by atoms with Crippen LogP contribution in [0.5, 0.6) is 0 Å². The Bertz CT molecular complexity index is 156. The van der Waals surface area contributed by atoms with Crippen LogP contribution in [0.1, 0.15) is 27.7 Å². The highest BCUT2D eigenvalue weighted by Gasteiger charge is 2.36. The van der Waals surface area contributed by atoms with Gasteiger partial charge in [-0.2, -0.15) is 0 Å². The van der Waals surface area contributed by atoms with E-state index in [2.05, 4.69) is 6.92 Å². The standard InChI is InChI=1S/C10H20O3/c1-5-11-6-10(4)7-12-9(2,3)13-8-10/h5-8H2,1-4H3. The van der Waals surface area contributed by atoms with Crippen LogP contribution in [0.4, 0.5) is 0 Å². The molecule has 3 heteroatoms. The van der Waals surface area contributed by atoms with E-state index in [0.717, 1.165) is 6.61 Å². The Morgan fingerprint density at radius 1 is 1.15 bits per heavy atom. The first-order chi connectivity index (χ1) is 5.97. The maximum atomic E-state index is 5.58. The summed E-state index contributed by atoms with van der Waals surface area (Å²) < 4.78 is 16.5. The minimum atomic E-state index is -0.425. The molecule has 1 heterocycles. The summed E-state index contributed by atoms with van der Waals surface area (Å²) in [5.41, 5.74) is 0.0194. The minimum Gasteiger partial charge on any atom is -0.381 e. The molecule has 3 nitrogen and oxygen atoms in total. The van der Waals surface area contributed by atoms with Crippen LogP contribution in [0.3, 0.4) is 0 Å². The molecule has 0 bridgehead atoms. The summed E-state index contributed by atoms with van der Waals surface area (Å²) >= 11 is 0. The largest absolute Gasteiger partial charge is 0.381 e. The first-order valence-corrected chi connectivity index (χ1v) is 4.83. The molecule has 0 aliphatic carbocycles. The molecule has 13 heavy (non-hydrogen) atoms. The van der Waals surface area contributed by atoms with E-state index < -0.39 is 5.79 Å². The van der Waals surface area contributed by atoms with Crippen molar-refractivity contribution in [3.63, 3.8) is 0 Å². The van der Waals surface area contributed by atoms with E-state index in [9.17, 15) is 0 Å². The van der Waals surface area contributed by atoms with Crippen molar-refractivity contribution < 1.29 is 14.2 Å². The number of ether oxygens (including phenoxy) is 3. The summed E-state index contributed by atoms with van der Waals surface area (Å²) in [6.07, 6.45) is 0. The van der Waals surface area contributed by atoms with E-state index >= 15 is 0 Å². The van der Waals surface area contributed by atoms with Crippen LogP contribution in [-0.2, 0) is 14.2 Å². The molecule has 0 aromatic rings. The lowest BCUT2D eigenvalue weighted by Crippen LogP contribution is -2.47. The van der Waals surface area contributed by atoms with E-state index in [1.165, 1.54) is 0 Å². The Morgan fingerprint density at radius 3 is 2.15 bits per heavy atom.